The maximum atomic E-state index is 13.6. The van der Waals surface area contributed by atoms with Gasteiger partial charge in [0, 0.05) is 18.7 Å². The van der Waals surface area contributed by atoms with Crippen molar-refractivity contribution >= 4 is 11.7 Å². The largest absolute Gasteiger partial charge is 0.367 e. The number of hydrogen-bond acceptors (Lipinski definition) is 4. The zero-order valence-corrected chi connectivity index (χ0v) is 15.1. The summed E-state index contributed by atoms with van der Waals surface area (Å²) in [7, 11) is 0. The third kappa shape index (κ3) is 5.00. The number of anilines is 1. The van der Waals surface area contributed by atoms with Gasteiger partial charge in [-0.25, -0.2) is 14.4 Å². The molecule has 0 atom stereocenters. The molecular formula is C20H25FN4O. The molecule has 1 aromatic heterocycles. The molecule has 138 valence electrons. The van der Waals surface area contributed by atoms with E-state index < -0.39 is 0 Å². The first-order chi connectivity index (χ1) is 12.6. The van der Waals surface area contributed by atoms with Gasteiger partial charge in [-0.05, 0) is 37.8 Å². The van der Waals surface area contributed by atoms with Gasteiger partial charge < -0.3 is 10.6 Å². The number of aryl methyl sites for hydroxylation is 1. The molecule has 1 heterocycles. The van der Waals surface area contributed by atoms with Crippen LogP contribution in [0.1, 0.15) is 54.0 Å². The number of carbonyl (C=O) groups excluding carboxylic acids is 1. The summed E-state index contributed by atoms with van der Waals surface area (Å²) in [5.41, 5.74) is 0.927. The molecular weight excluding hydrogens is 331 g/mol. The summed E-state index contributed by atoms with van der Waals surface area (Å²) in [6, 6.07) is 8.70. The number of aromatic nitrogens is 2. The Bertz CT molecular complexity index is 759. The van der Waals surface area contributed by atoms with Crippen molar-refractivity contribution in [2.45, 2.75) is 51.5 Å². The zero-order valence-electron chi connectivity index (χ0n) is 15.1. The highest BCUT2D eigenvalue weighted by atomic mass is 19.1. The van der Waals surface area contributed by atoms with Crippen LogP contribution in [0.2, 0.25) is 0 Å². The van der Waals surface area contributed by atoms with Crippen LogP contribution in [-0.2, 0) is 6.42 Å². The minimum atomic E-state index is -0.265. The van der Waals surface area contributed by atoms with Gasteiger partial charge >= 0.3 is 0 Å². The van der Waals surface area contributed by atoms with Crippen LogP contribution in [0.5, 0.6) is 0 Å². The van der Waals surface area contributed by atoms with Crippen molar-refractivity contribution in [2.24, 2.45) is 0 Å². The van der Waals surface area contributed by atoms with E-state index in [1.54, 1.807) is 31.2 Å². The predicted octanol–water partition coefficient (Wildman–Crippen LogP) is 3.64. The van der Waals surface area contributed by atoms with E-state index in [1.807, 2.05) is 0 Å². The molecule has 1 saturated carbocycles. The first-order valence-corrected chi connectivity index (χ1v) is 9.25. The van der Waals surface area contributed by atoms with Crippen LogP contribution in [0.4, 0.5) is 10.2 Å². The van der Waals surface area contributed by atoms with Crippen molar-refractivity contribution in [3.63, 3.8) is 0 Å². The Morgan fingerprint density at radius 3 is 2.73 bits per heavy atom. The van der Waals surface area contributed by atoms with Crippen molar-refractivity contribution in [1.82, 2.24) is 15.3 Å². The van der Waals surface area contributed by atoms with E-state index in [-0.39, 0.29) is 11.7 Å². The molecule has 1 fully saturated rings. The number of benzene rings is 1. The van der Waals surface area contributed by atoms with Gasteiger partial charge in [0.2, 0.25) is 0 Å². The van der Waals surface area contributed by atoms with Crippen molar-refractivity contribution in [1.29, 1.82) is 0 Å². The summed E-state index contributed by atoms with van der Waals surface area (Å²) in [6.45, 7) is 2.14. The highest BCUT2D eigenvalue weighted by Crippen LogP contribution is 2.21. The number of nitrogens with zero attached hydrogens (tertiary/aromatic N) is 2. The number of rotatable bonds is 6. The Balaban J connectivity index is 1.58. The lowest BCUT2D eigenvalue weighted by Gasteiger charge is -2.23. The molecule has 1 amide bonds. The Morgan fingerprint density at radius 1 is 1.19 bits per heavy atom. The lowest BCUT2D eigenvalue weighted by Crippen LogP contribution is -2.28. The van der Waals surface area contributed by atoms with Crippen molar-refractivity contribution in [2.75, 3.05) is 11.9 Å². The Kier molecular flexibility index (Phi) is 6.15. The maximum absolute atomic E-state index is 13.6. The Morgan fingerprint density at radius 2 is 1.96 bits per heavy atom. The fourth-order valence-electron chi connectivity index (χ4n) is 3.32. The first-order valence-electron chi connectivity index (χ1n) is 9.25. The normalized spacial score (nSPS) is 14.8. The quantitative estimate of drug-likeness (QED) is 0.829. The number of carbonyl (C=O) groups is 1. The van der Waals surface area contributed by atoms with Gasteiger partial charge in [0.25, 0.3) is 5.91 Å². The highest BCUT2D eigenvalue weighted by molar-refractivity contribution is 5.92. The summed E-state index contributed by atoms with van der Waals surface area (Å²) in [6.07, 6.45) is 6.45. The molecule has 0 bridgehead atoms. The summed E-state index contributed by atoms with van der Waals surface area (Å²) >= 11 is 0. The van der Waals surface area contributed by atoms with Gasteiger partial charge in [-0.3, -0.25) is 4.79 Å². The zero-order chi connectivity index (χ0) is 18.4. The van der Waals surface area contributed by atoms with E-state index in [1.165, 1.54) is 25.3 Å². The molecule has 1 aliphatic carbocycles. The van der Waals surface area contributed by atoms with E-state index in [0.717, 1.165) is 12.8 Å². The molecule has 0 saturated heterocycles. The average Bonchev–Trinajstić information content (AvgIpc) is 2.63. The second-order valence-electron chi connectivity index (χ2n) is 6.76. The van der Waals surface area contributed by atoms with Crippen LogP contribution in [0.3, 0.4) is 0 Å². The molecule has 26 heavy (non-hydrogen) atoms. The minimum absolute atomic E-state index is 0.251. The van der Waals surface area contributed by atoms with Gasteiger partial charge in [-0.2, -0.15) is 0 Å². The van der Waals surface area contributed by atoms with Crippen LogP contribution in [0.15, 0.2) is 30.3 Å². The molecule has 0 unspecified atom stereocenters. The third-order valence-electron chi connectivity index (χ3n) is 4.67. The van der Waals surface area contributed by atoms with Gasteiger partial charge in [0.15, 0.2) is 0 Å². The Labute approximate surface area is 153 Å². The minimum Gasteiger partial charge on any atom is -0.367 e. The van der Waals surface area contributed by atoms with Crippen molar-refractivity contribution in [3.8, 4) is 0 Å². The second kappa shape index (κ2) is 8.74. The van der Waals surface area contributed by atoms with Crippen LogP contribution in [0, 0.1) is 12.7 Å². The van der Waals surface area contributed by atoms with Crippen LogP contribution in [-0.4, -0.2) is 28.5 Å². The van der Waals surface area contributed by atoms with E-state index >= 15 is 0 Å². The van der Waals surface area contributed by atoms with Crippen molar-refractivity contribution in [3.05, 3.63) is 53.2 Å². The summed E-state index contributed by atoms with van der Waals surface area (Å²) < 4.78 is 13.6. The van der Waals surface area contributed by atoms with Crippen LogP contribution < -0.4 is 10.6 Å². The fourth-order valence-corrected chi connectivity index (χ4v) is 3.32. The topological polar surface area (TPSA) is 66.9 Å². The summed E-state index contributed by atoms with van der Waals surface area (Å²) in [4.78, 5) is 21.0. The predicted molar refractivity (Wildman–Crippen MR) is 99.7 cm³/mol. The van der Waals surface area contributed by atoms with Crippen molar-refractivity contribution < 1.29 is 9.18 Å². The molecule has 3 rings (SSSR count). The number of hydrogen-bond donors (Lipinski definition) is 2. The summed E-state index contributed by atoms with van der Waals surface area (Å²) in [5.74, 6) is 0.742. The molecule has 0 spiro atoms. The maximum Gasteiger partial charge on any atom is 0.270 e. The molecule has 2 N–H and O–H groups in total. The smallest absolute Gasteiger partial charge is 0.270 e. The van der Waals surface area contributed by atoms with E-state index in [2.05, 4.69) is 20.6 Å². The molecule has 0 aliphatic heterocycles. The average molecular weight is 356 g/mol. The van der Waals surface area contributed by atoms with Gasteiger partial charge in [-0.1, -0.05) is 37.5 Å². The molecule has 0 radical (unpaired) electrons. The first kappa shape index (κ1) is 18.3. The number of halogens is 1. The molecule has 1 aliphatic rings. The summed E-state index contributed by atoms with van der Waals surface area (Å²) in [5, 5.41) is 6.23. The molecule has 1 aromatic carbocycles. The van der Waals surface area contributed by atoms with E-state index in [4.69, 9.17) is 0 Å². The van der Waals surface area contributed by atoms with Crippen LogP contribution >= 0.6 is 0 Å². The fraction of sp³-hybridized carbons (Fsp3) is 0.450. The highest BCUT2D eigenvalue weighted by Gasteiger charge is 2.16. The monoisotopic (exact) mass is 356 g/mol. The molecule has 2 aromatic rings. The number of amides is 1. The second-order valence-corrected chi connectivity index (χ2v) is 6.76. The van der Waals surface area contributed by atoms with E-state index in [9.17, 15) is 9.18 Å². The molecule has 5 nitrogen and oxygen atoms in total. The van der Waals surface area contributed by atoms with E-state index in [0.29, 0.717) is 41.9 Å². The van der Waals surface area contributed by atoms with Gasteiger partial charge in [0.1, 0.15) is 23.2 Å². The third-order valence-corrected chi connectivity index (χ3v) is 4.67. The van der Waals surface area contributed by atoms with Gasteiger partial charge in [-0.15, -0.1) is 0 Å². The standard InChI is InChI=1S/C20H25FN4O/c1-14-23-18(13-19(24-14)25-16-8-3-2-4-9-16)20(26)22-12-11-15-7-5-6-10-17(15)21/h5-7,10,13,16H,2-4,8-9,11-12H2,1H3,(H,22,26)(H,23,24,25). The van der Waals surface area contributed by atoms with Crippen LogP contribution in [0.25, 0.3) is 0 Å². The lowest BCUT2D eigenvalue weighted by atomic mass is 9.95. The molecule has 6 heteroatoms. The lowest BCUT2D eigenvalue weighted by molar-refractivity contribution is 0.0948. The number of nitrogens with one attached hydrogen (secondary N) is 2. The SMILES string of the molecule is Cc1nc(NC2CCCCC2)cc(C(=O)NCCc2ccccc2F)n1. The Hall–Kier alpha value is -2.50. The van der Waals surface area contributed by atoms with Gasteiger partial charge in [0.05, 0.1) is 0 Å².